The fraction of sp³-hybridized carbons (Fsp3) is 0.417. The Hall–Kier alpha value is -0.000000000000000111. The fourth-order valence-corrected chi connectivity index (χ4v) is 3.77. The minimum Gasteiger partial charge on any atom is -0.343 e. The summed E-state index contributed by atoms with van der Waals surface area (Å²) in [5.74, 6) is 1.47. The molecule has 0 bridgehead atoms. The van der Waals surface area contributed by atoms with Crippen LogP contribution in [0.5, 0.6) is 0 Å². The van der Waals surface area contributed by atoms with E-state index in [4.69, 9.17) is 4.99 Å². The minimum absolute atomic E-state index is 0.178. The number of anilines is 1. The Balaban J connectivity index is 2.51. The summed E-state index contributed by atoms with van der Waals surface area (Å²) in [7, 11) is 0. The van der Waals surface area contributed by atoms with Crippen molar-refractivity contribution >= 4 is 55.1 Å². The van der Waals surface area contributed by atoms with Crippen molar-refractivity contribution in [3.8, 4) is 0 Å². The molecule has 5 heteroatoms. The number of nitrogens with zero attached hydrogens (tertiary/aromatic N) is 1. The molecule has 92 valence electrons. The highest BCUT2D eigenvalue weighted by Crippen LogP contribution is 2.42. The maximum atomic E-state index is 4.75. The molecular formula is C12H14Br2N2S. The van der Waals surface area contributed by atoms with Gasteiger partial charge in [0.05, 0.1) is 5.69 Å². The van der Waals surface area contributed by atoms with Gasteiger partial charge in [-0.05, 0) is 34.3 Å². The average molecular weight is 378 g/mol. The molecule has 0 amide bonds. The van der Waals surface area contributed by atoms with Crippen LogP contribution in [0, 0.1) is 5.92 Å². The highest BCUT2D eigenvalue weighted by atomic mass is 79.9. The summed E-state index contributed by atoms with van der Waals surface area (Å²) in [6.45, 7) is 4.31. The predicted molar refractivity (Wildman–Crippen MR) is 84.0 cm³/mol. The molecule has 0 spiro atoms. The molecule has 1 unspecified atom stereocenters. The average Bonchev–Trinajstić information content (AvgIpc) is 2.27. The van der Waals surface area contributed by atoms with Gasteiger partial charge in [0.1, 0.15) is 11.2 Å². The minimum atomic E-state index is 0.178. The van der Waals surface area contributed by atoms with E-state index >= 15 is 0 Å². The second kappa shape index (κ2) is 5.33. The topological polar surface area (TPSA) is 24.4 Å². The van der Waals surface area contributed by atoms with Crippen molar-refractivity contribution in [3.63, 3.8) is 0 Å². The van der Waals surface area contributed by atoms with Gasteiger partial charge in [-0.25, -0.2) is 0 Å². The zero-order chi connectivity index (χ0) is 12.6. The molecule has 0 radical (unpaired) electrons. The molecule has 1 aliphatic heterocycles. The highest BCUT2D eigenvalue weighted by Gasteiger charge is 2.24. The quantitative estimate of drug-likeness (QED) is 0.779. The van der Waals surface area contributed by atoms with Crippen LogP contribution in [0.1, 0.15) is 24.8 Å². The zero-order valence-electron chi connectivity index (χ0n) is 9.92. The van der Waals surface area contributed by atoms with Gasteiger partial charge in [0, 0.05) is 20.4 Å². The molecule has 0 saturated heterocycles. The van der Waals surface area contributed by atoms with Crippen LogP contribution >= 0.6 is 43.6 Å². The summed E-state index contributed by atoms with van der Waals surface area (Å²) in [4.78, 5) is 4.75. The van der Waals surface area contributed by atoms with Crippen molar-refractivity contribution in [2.45, 2.75) is 19.2 Å². The van der Waals surface area contributed by atoms with Gasteiger partial charge >= 0.3 is 0 Å². The maximum absolute atomic E-state index is 4.75. The number of fused-ring (bicyclic) bond motifs is 1. The predicted octanol–water partition coefficient (Wildman–Crippen LogP) is 5.05. The summed E-state index contributed by atoms with van der Waals surface area (Å²) in [5.41, 5.74) is 2.37. The Labute approximate surface area is 123 Å². The van der Waals surface area contributed by atoms with Crippen molar-refractivity contribution in [1.82, 2.24) is 0 Å². The largest absolute Gasteiger partial charge is 0.343 e. The van der Waals surface area contributed by atoms with Gasteiger partial charge in [-0.1, -0.05) is 29.8 Å². The third-order valence-electron chi connectivity index (χ3n) is 2.63. The molecule has 1 N–H and O–H groups in total. The molecule has 1 aromatic rings. The summed E-state index contributed by atoms with van der Waals surface area (Å²) in [6, 6.07) is 4.20. The van der Waals surface area contributed by atoms with Crippen LogP contribution in [0.15, 0.2) is 26.1 Å². The molecule has 0 saturated carbocycles. The highest BCUT2D eigenvalue weighted by molar-refractivity contribution is 9.11. The molecule has 2 nitrogen and oxygen atoms in total. The van der Waals surface area contributed by atoms with E-state index in [0.717, 1.165) is 20.5 Å². The standard InChI is InChI=1S/C12H14Br2N2S/c1-6(2)11-15-10-8(12(16-11)17-3)4-7(13)5-9(10)14/h4-6,12H,1-3H3,(H,15,16). The number of nitrogens with one attached hydrogen (secondary N) is 1. The van der Waals surface area contributed by atoms with Crippen LogP contribution in [-0.4, -0.2) is 12.1 Å². The van der Waals surface area contributed by atoms with Crippen molar-refractivity contribution in [1.29, 1.82) is 0 Å². The van der Waals surface area contributed by atoms with Crippen molar-refractivity contribution in [3.05, 3.63) is 26.6 Å². The van der Waals surface area contributed by atoms with Gasteiger partial charge in [-0.15, -0.1) is 11.8 Å². The van der Waals surface area contributed by atoms with E-state index < -0.39 is 0 Å². The molecule has 2 rings (SSSR count). The Kier molecular flexibility index (Phi) is 4.21. The molecule has 0 fully saturated rings. The van der Waals surface area contributed by atoms with Gasteiger partial charge in [0.25, 0.3) is 0 Å². The first-order valence-corrected chi connectivity index (χ1v) is 8.26. The smallest absolute Gasteiger partial charge is 0.124 e. The summed E-state index contributed by atoms with van der Waals surface area (Å²) < 4.78 is 2.15. The van der Waals surface area contributed by atoms with Crippen LogP contribution in [-0.2, 0) is 0 Å². The second-order valence-electron chi connectivity index (χ2n) is 4.23. The van der Waals surface area contributed by atoms with Gasteiger partial charge < -0.3 is 5.32 Å². The number of halogens is 2. The first kappa shape index (κ1) is 13.4. The summed E-state index contributed by atoms with van der Waals surface area (Å²) in [6.07, 6.45) is 2.09. The van der Waals surface area contributed by atoms with E-state index in [-0.39, 0.29) is 5.37 Å². The third-order valence-corrected chi connectivity index (χ3v) is 4.52. The Morgan fingerprint density at radius 2 is 2.06 bits per heavy atom. The Morgan fingerprint density at radius 3 is 2.65 bits per heavy atom. The zero-order valence-corrected chi connectivity index (χ0v) is 13.9. The van der Waals surface area contributed by atoms with Crippen LogP contribution in [0.3, 0.4) is 0 Å². The lowest BCUT2D eigenvalue weighted by atomic mass is 10.1. The lowest BCUT2D eigenvalue weighted by Gasteiger charge is -2.27. The van der Waals surface area contributed by atoms with Crippen molar-refractivity contribution < 1.29 is 0 Å². The fourth-order valence-electron chi connectivity index (χ4n) is 1.75. The van der Waals surface area contributed by atoms with E-state index in [1.54, 1.807) is 11.8 Å². The molecule has 1 aliphatic rings. The maximum Gasteiger partial charge on any atom is 0.124 e. The monoisotopic (exact) mass is 376 g/mol. The van der Waals surface area contributed by atoms with Crippen LogP contribution in [0.25, 0.3) is 0 Å². The van der Waals surface area contributed by atoms with E-state index in [0.29, 0.717) is 5.92 Å². The Bertz CT molecular complexity index is 472. The molecular weight excluding hydrogens is 364 g/mol. The van der Waals surface area contributed by atoms with Gasteiger partial charge in [-0.3, -0.25) is 4.99 Å². The first-order valence-electron chi connectivity index (χ1n) is 5.39. The van der Waals surface area contributed by atoms with Crippen LogP contribution < -0.4 is 5.32 Å². The van der Waals surface area contributed by atoms with E-state index in [9.17, 15) is 0 Å². The molecule has 1 atom stereocenters. The Morgan fingerprint density at radius 1 is 1.35 bits per heavy atom. The van der Waals surface area contributed by atoms with Crippen LogP contribution in [0.4, 0.5) is 5.69 Å². The summed E-state index contributed by atoms with van der Waals surface area (Å²) >= 11 is 8.89. The molecule has 0 aliphatic carbocycles. The molecule has 17 heavy (non-hydrogen) atoms. The number of aliphatic imine (C=N–C) groups is 1. The molecule has 1 heterocycles. The number of rotatable bonds is 2. The number of thioether (sulfide) groups is 1. The number of hydrogen-bond donors (Lipinski definition) is 1. The SMILES string of the molecule is CSC1N=C(C(C)C)Nc2c(Br)cc(Br)cc21. The molecule has 1 aromatic carbocycles. The lowest BCUT2D eigenvalue weighted by Crippen LogP contribution is -2.24. The number of amidine groups is 1. The van der Waals surface area contributed by atoms with Crippen molar-refractivity contribution in [2.24, 2.45) is 10.9 Å². The van der Waals surface area contributed by atoms with Crippen LogP contribution in [0.2, 0.25) is 0 Å². The lowest BCUT2D eigenvalue weighted by molar-refractivity contribution is 0.850. The number of hydrogen-bond acceptors (Lipinski definition) is 3. The van der Waals surface area contributed by atoms with E-state index in [1.165, 1.54) is 5.56 Å². The third kappa shape index (κ3) is 2.71. The van der Waals surface area contributed by atoms with E-state index in [2.05, 4.69) is 69.4 Å². The van der Waals surface area contributed by atoms with Crippen molar-refractivity contribution in [2.75, 3.05) is 11.6 Å². The van der Waals surface area contributed by atoms with Gasteiger partial charge in [0.2, 0.25) is 0 Å². The first-order chi connectivity index (χ1) is 8.02. The second-order valence-corrected chi connectivity index (χ2v) is 6.92. The van der Waals surface area contributed by atoms with Gasteiger partial charge in [0.15, 0.2) is 0 Å². The normalized spacial score (nSPS) is 18.7. The van der Waals surface area contributed by atoms with Gasteiger partial charge in [-0.2, -0.15) is 0 Å². The molecule has 0 aromatic heterocycles. The summed E-state index contributed by atoms with van der Waals surface area (Å²) in [5, 5.41) is 3.60. The number of benzene rings is 1. The van der Waals surface area contributed by atoms with E-state index in [1.807, 2.05) is 0 Å².